The summed E-state index contributed by atoms with van der Waals surface area (Å²) in [6.45, 7) is 2.06. The Hall–Kier alpha value is -1.74. The quantitative estimate of drug-likeness (QED) is 0.551. The van der Waals surface area contributed by atoms with Gasteiger partial charge >= 0.3 is 0 Å². The van der Waals surface area contributed by atoms with Gasteiger partial charge in [-0.05, 0) is 37.6 Å². The molecule has 0 aliphatic rings. The number of carbonyl (C=O) groups is 1. The van der Waals surface area contributed by atoms with Crippen LogP contribution < -0.4 is 5.32 Å². The fourth-order valence-electron chi connectivity index (χ4n) is 2.43. The van der Waals surface area contributed by atoms with Crippen LogP contribution in [0.3, 0.4) is 0 Å². The van der Waals surface area contributed by atoms with Gasteiger partial charge in [-0.2, -0.15) is 0 Å². The standard InChI is InChI=1S/C18H17ClN2O3S3/c1-12-16(26-18(21-12)14-8-9-15(19)25-14)17(22)20-10-5-11-27(23,24)13-6-3-2-4-7-13/h2-4,6-9H,5,10-11H2,1H3,(H,20,22). The van der Waals surface area contributed by atoms with E-state index in [0.717, 1.165) is 9.88 Å². The molecule has 5 nitrogen and oxygen atoms in total. The zero-order valence-electron chi connectivity index (χ0n) is 14.4. The summed E-state index contributed by atoms with van der Waals surface area (Å²) in [5.41, 5.74) is 0.647. The summed E-state index contributed by atoms with van der Waals surface area (Å²) >= 11 is 8.67. The third-order valence-corrected chi connectivity index (χ3v) is 8.14. The summed E-state index contributed by atoms with van der Waals surface area (Å²) in [7, 11) is -3.33. The predicted octanol–water partition coefficient (Wildman–Crippen LogP) is 4.43. The molecule has 1 aromatic carbocycles. The van der Waals surface area contributed by atoms with E-state index < -0.39 is 9.84 Å². The van der Waals surface area contributed by atoms with Crippen molar-refractivity contribution in [3.8, 4) is 9.88 Å². The van der Waals surface area contributed by atoms with Gasteiger partial charge in [-0.3, -0.25) is 4.79 Å². The van der Waals surface area contributed by atoms with Gasteiger partial charge in [0.2, 0.25) is 0 Å². The lowest BCUT2D eigenvalue weighted by molar-refractivity contribution is 0.0957. The second kappa shape index (κ2) is 8.52. The van der Waals surface area contributed by atoms with Crippen molar-refractivity contribution >= 4 is 50.0 Å². The fourth-order valence-corrected chi connectivity index (χ4v) is 5.84. The van der Waals surface area contributed by atoms with Crippen LogP contribution in [0.15, 0.2) is 47.4 Å². The van der Waals surface area contributed by atoms with E-state index in [1.165, 1.54) is 22.7 Å². The van der Waals surface area contributed by atoms with Crippen molar-refractivity contribution < 1.29 is 13.2 Å². The molecule has 0 saturated carbocycles. The normalized spacial score (nSPS) is 11.5. The third-order valence-electron chi connectivity index (χ3n) is 3.76. The molecule has 0 bridgehead atoms. The Labute approximate surface area is 171 Å². The molecule has 3 rings (SSSR count). The Morgan fingerprint density at radius 1 is 1.15 bits per heavy atom. The minimum atomic E-state index is -3.33. The molecule has 1 amide bonds. The Balaban J connectivity index is 1.56. The average Bonchev–Trinajstić information content (AvgIpc) is 3.25. The Morgan fingerprint density at radius 3 is 2.56 bits per heavy atom. The number of aromatic nitrogens is 1. The van der Waals surface area contributed by atoms with Crippen LogP contribution in [-0.2, 0) is 9.84 Å². The van der Waals surface area contributed by atoms with Gasteiger partial charge in [0, 0.05) is 6.54 Å². The van der Waals surface area contributed by atoms with Gasteiger partial charge < -0.3 is 5.32 Å². The number of nitrogens with one attached hydrogen (secondary N) is 1. The molecule has 0 atom stereocenters. The van der Waals surface area contributed by atoms with Crippen LogP contribution in [-0.4, -0.2) is 31.6 Å². The number of nitrogens with zero attached hydrogens (tertiary/aromatic N) is 1. The van der Waals surface area contributed by atoms with Gasteiger partial charge in [0.15, 0.2) is 9.84 Å². The van der Waals surface area contributed by atoms with E-state index in [9.17, 15) is 13.2 Å². The topological polar surface area (TPSA) is 76.1 Å². The Kier molecular flexibility index (Phi) is 6.31. The number of aryl methyl sites for hydroxylation is 1. The summed E-state index contributed by atoms with van der Waals surface area (Å²) in [6, 6.07) is 12.0. The molecule has 0 radical (unpaired) electrons. The van der Waals surface area contributed by atoms with E-state index >= 15 is 0 Å². The molecular formula is C18H17ClN2O3S3. The smallest absolute Gasteiger partial charge is 0.263 e. The molecule has 1 N–H and O–H groups in total. The number of rotatable bonds is 7. The molecule has 2 aromatic heterocycles. The van der Waals surface area contributed by atoms with Crippen molar-refractivity contribution in [1.82, 2.24) is 10.3 Å². The van der Waals surface area contributed by atoms with Crippen molar-refractivity contribution in [1.29, 1.82) is 0 Å². The van der Waals surface area contributed by atoms with Crippen molar-refractivity contribution in [2.75, 3.05) is 12.3 Å². The van der Waals surface area contributed by atoms with Crippen LogP contribution in [0.25, 0.3) is 9.88 Å². The average molecular weight is 441 g/mol. The molecule has 0 saturated heterocycles. The number of thiazole rings is 1. The molecule has 3 aromatic rings. The first kappa shape index (κ1) is 20.0. The summed E-state index contributed by atoms with van der Waals surface area (Å²) in [5.74, 6) is -0.256. The number of amides is 1. The number of hydrogen-bond donors (Lipinski definition) is 1. The maximum Gasteiger partial charge on any atom is 0.263 e. The highest BCUT2D eigenvalue weighted by Gasteiger charge is 2.18. The fraction of sp³-hybridized carbons (Fsp3) is 0.222. The highest BCUT2D eigenvalue weighted by Crippen LogP contribution is 2.34. The summed E-state index contributed by atoms with van der Waals surface area (Å²) in [4.78, 5) is 18.6. The van der Waals surface area contributed by atoms with Crippen LogP contribution in [0.2, 0.25) is 4.34 Å². The lowest BCUT2D eigenvalue weighted by Crippen LogP contribution is -2.25. The van der Waals surface area contributed by atoms with Crippen LogP contribution >= 0.6 is 34.3 Å². The molecule has 0 spiro atoms. The molecule has 0 aliphatic heterocycles. The van der Waals surface area contributed by atoms with Gasteiger partial charge in [-0.1, -0.05) is 29.8 Å². The van der Waals surface area contributed by atoms with Crippen molar-refractivity contribution in [3.05, 3.63) is 57.4 Å². The van der Waals surface area contributed by atoms with Gasteiger partial charge in [0.05, 0.1) is 25.6 Å². The molecule has 2 heterocycles. The summed E-state index contributed by atoms with van der Waals surface area (Å²) in [6.07, 6.45) is 0.341. The minimum absolute atomic E-state index is 0.0160. The second-order valence-corrected chi connectivity index (χ2v) is 10.6. The van der Waals surface area contributed by atoms with Gasteiger partial charge in [0.25, 0.3) is 5.91 Å². The Bertz CT molecular complexity index is 1040. The van der Waals surface area contributed by atoms with Crippen LogP contribution in [0.1, 0.15) is 21.8 Å². The zero-order chi connectivity index (χ0) is 19.4. The molecule has 142 valence electrons. The lowest BCUT2D eigenvalue weighted by Gasteiger charge is -2.06. The van der Waals surface area contributed by atoms with Gasteiger partial charge in [0.1, 0.15) is 9.88 Å². The molecule has 9 heteroatoms. The highest BCUT2D eigenvalue weighted by atomic mass is 35.5. The largest absolute Gasteiger partial charge is 0.351 e. The maximum atomic E-state index is 12.4. The number of thiophene rings is 1. The lowest BCUT2D eigenvalue weighted by atomic mass is 10.3. The number of hydrogen-bond acceptors (Lipinski definition) is 6. The van der Waals surface area contributed by atoms with Gasteiger partial charge in [-0.15, -0.1) is 22.7 Å². The molecule has 0 aliphatic carbocycles. The van der Waals surface area contributed by atoms with Crippen LogP contribution in [0.4, 0.5) is 0 Å². The summed E-state index contributed by atoms with van der Waals surface area (Å²) < 4.78 is 25.1. The van der Waals surface area contributed by atoms with E-state index in [1.54, 1.807) is 43.3 Å². The second-order valence-electron chi connectivity index (χ2n) is 5.78. The highest BCUT2D eigenvalue weighted by molar-refractivity contribution is 7.91. The number of sulfone groups is 1. The molecule has 27 heavy (non-hydrogen) atoms. The Morgan fingerprint density at radius 2 is 1.89 bits per heavy atom. The molecule has 0 unspecified atom stereocenters. The SMILES string of the molecule is Cc1nc(-c2ccc(Cl)s2)sc1C(=O)NCCCS(=O)(=O)c1ccccc1. The van der Waals surface area contributed by atoms with E-state index in [4.69, 9.17) is 11.6 Å². The van der Waals surface area contributed by atoms with Crippen molar-refractivity contribution in [2.24, 2.45) is 0 Å². The van der Waals surface area contributed by atoms with Crippen LogP contribution in [0.5, 0.6) is 0 Å². The maximum absolute atomic E-state index is 12.4. The summed E-state index contributed by atoms with van der Waals surface area (Å²) in [5, 5.41) is 3.53. The van der Waals surface area contributed by atoms with E-state index in [2.05, 4.69) is 10.3 Å². The van der Waals surface area contributed by atoms with Crippen molar-refractivity contribution in [3.63, 3.8) is 0 Å². The number of carbonyl (C=O) groups excluding carboxylic acids is 1. The first-order valence-corrected chi connectivity index (χ1v) is 11.8. The molecule has 0 fully saturated rings. The van der Waals surface area contributed by atoms with E-state index in [-0.39, 0.29) is 18.2 Å². The zero-order valence-corrected chi connectivity index (χ0v) is 17.6. The van der Waals surface area contributed by atoms with E-state index in [0.29, 0.717) is 26.2 Å². The van der Waals surface area contributed by atoms with Crippen molar-refractivity contribution in [2.45, 2.75) is 18.2 Å². The van der Waals surface area contributed by atoms with E-state index in [1.807, 2.05) is 6.07 Å². The molecular weight excluding hydrogens is 424 g/mol. The monoisotopic (exact) mass is 440 g/mol. The van der Waals surface area contributed by atoms with Crippen LogP contribution in [0, 0.1) is 6.92 Å². The minimum Gasteiger partial charge on any atom is -0.351 e. The first-order valence-electron chi connectivity index (χ1n) is 8.16. The third kappa shape index (κ3) is 4.95. The van der Waals surface area contributed by atoms with Gasteiger partial charge in [-0.25, -0.2) is 13.4 Å². The number of halogens is 1. The number of benzene rings is 1. The predicted molar refractivity (Wildman–Crippen MR) is 111 cm³/mol. The first-order chi connectivity index (χ1) is 12.9.